The van der Waals surface area contributed by atoms with Crippen molar-refractivity contribution in [1.82, 2.24) is 10.2 Å². The van der Waals surface area contributed by atoms with Crippen LogP contribution in [0.3, 0.4) is 0 Å². The molecule has 0 spiro atoms. The number of hydrogen-bond acceptors (Lipinski definition) is 3. The average molecular weight is 264 g/mol. The second-order valence-electron chi connectivity index (χ2n) is 7.03. The molecule has 3 heteroatoms. The molecular weight excluding hydrogens is 236 g/mol. The first-order valence-corrected chi connectivity index (χ1v) is 7.39. The van der Waals surface area contributed by atoms with E-state index in [1.807, 2.05) is 0 Å². The van der Waals surface area contributed by atoms with Gasteiger partial charge in [-0.2, -0.15) is 0 Å². The van der Waals surface area contributed by atoms with Crippen molar-refractivity contribution in [2.45, 2.75) is 59.7 Å². The van der Waals surface area contributed by atoms with Gasteiger partial charge in [-0.3, -0.25) is 4.90 Å². The summed E-state index contributed by atoms with van der Waals surface area (Å²) in [5.74, 6) is 2.99. The zero-order valence-electron chi connectivity index (χ0n) is 13.0. The molecule has 1 N–H and O–H groups in total. The summed E-state index contributed by atoms with van der Waals surface area (Å²) in [6, 6.07) is 2.22. The Balaban J connectivity index is 1.92. The highest BCUT2D eigenvalue weighted by molar-refractivity contribution is 5.21. The standard InChI is InChI=1S/C16H28N2O/c1-12-6-7-18(10-12)11-15-8-14(13(2)19-15)9-17-16(3,4)5/h8,12,17H,6-7,9-11H2,1-5H3. The Kier molecular flexibility index (Phi) is 4.36. The zero-order valence-corrected chi connectivity index (χ0v) is 13.0. The molecule has 0 bridgehead atoms. The van der Waals surface area contributed by atoms with Crippen molar-refractivity contribution in [1.29, 1.82) is 0 Å². The number of aryl methyl sites for hydroxylation is 1. The minimum absolute atomic E-state index is 0.147. The van der Waals surface area contributed by atoms with Gasteiger partial charge in [0.2, 0.25) is 0 Å². The van der Waals surface area contributed by atoms with E-state index in [2.05, 4.69) is 50.9 Å². The van der Waals surface area contributed by atoms with Crippen molar-refractivity contribution in [3.63, 3.8) is 0 Å². The molecule has 0 amide bonds. The predicted molar refractivity (Wildman–Crippen MR) is 79.1 cm³/mol. The lowest BCUT2D eigenvalue weighted by Gasteiger charge is -2.20. The molecule has 1 unspecified atom stereocenters. The Labute approximate surface area is 117 Å². The predicted octanol–water partition coefficient (Wildman–Crippen LogP) is 3.32. The molecule has 0 saturated carbocycles. The van der Waals surface area contributed by atoms with Gasteiger partial charge in [-0.15, -0.1) is 0 Å². The number of likely N-dealkylation sites (tertiary alicyclic amines) is 1. The number of nitrogens with one attached hydrogen (secondary N) is 1. The summed E-state index contributed by atoms with van der Waals surface area (Å²) in [7, 11) is 0. The Morgan fingerprint density at radius 3 is 2.74 bits per heavy atom. The Morgan fingerprint density at radius 2 is 2.16 bits per heavy atom. The van der Waals surface area contributed by atoms with Gasteiger partial charge in [0.1, 0.15) is 11.5 Å². The van der Waals surface area contributed by atoms with E-state index in [0.29, 0.717) is 0 Å². The summed E-state index contributed by atoms with van der Waals surface area (Å²) >= 11 is 0. The normalized spacial score (nSPS) is 21.2. The second kappa shape index (κ2) is 5.68. The molecule has 0 aromatic carbocycles. The van der Waals surface area contributed by atoms with Crippen LogP contribution in [0.2, 0.25) is 0 Å². The van der Waals surface area contributed by atoms with Gasteiger partial charge in [-0.1, -0.05) is 6.92 Å². The van der Waals surface area contributed by atoms with Gasteiger partial charge in [0.05, 0.1) is 6.54 Å². The molecule has 2 heterocycles. The van der Waals surface area contributed by atoms with Gasteiger partial charge in [0.25, 0.3) is 0 Å². The highest BCUT2D eigenvalue weighted by atomic mass is 16.3. The smallest absolute Gasteiger partial charge is 0.118 e. The van der Waals surface area contributed by atoms with Gasteiger partial charge >= 0.3 is 0 Å². The van der Waals surface area contributed by atoms with Crippen LogP contribution in [0.1, 0.15) is 51.2 Å². The van der Waals surface area contributed by atoms with Crippen LogP contribution in [0.5, 0.6) is 0 Å². The van der Waals surface area contributed by atoms with Gasteiger partial charge in [0.15, 0.2) is 0 Å². The Bertz CT molecular complexity index is 417. The van der Waals surface area contributed by atoms with E-state index >= 15 is 0 Å². The first kappa shape index (κ1) is 14.6. The number of nitrogens with zero attached hydrogens (tertiary/aromatic N) is 1. The summed E-state index contributed by atoms with van der Waals surface area (Å²) < 4.78 is 5.90. The monoisotopic (exact) mass is 264 g/mol. The SMILES string of the molecule is Cc1oc(CN2CCC(C)C2)cc1CNC(C)(C)C. The molecule has 1 fully saturated rings. The molecule has 1 saturated heterocycles. The summed E-state index contributed by atoms with van der Waals surface area (Å²) in [6.07, 6.45) is 1.32. The molecule has 0 radical (unpaired) electrons. The van der Waals surface area contributed by atoms with Gasteiger partial charge < -0.3 is 9.73 Å². The molecule has 3 nitrogen and oxygen atoms in total. The fraction of sp³-hybridized carbons (Fsp3) is 0.750. The van der Waals surface area contributed by atoms with Crippen molar-refractivity contribution < 1.29 is 4.42 Å². The fourth-order valence-corrected chi connectivity index (χ4v) is 2.59. The lowest BCUT2D eigenvalue weighted by atomic mass is 10.1. The lowest BCUT2D eigenvalue weighted by molar-refractivity contribution is 0.286. The summed E-state index contributed by atoms with van der Waals surface area (Å²) in [4.78, 5) is 2.49. The van der Waals surface area contributed by atoms with Crippen LogP contribution in [0, 0.1) is 12.8 Å². The van der Waals surface area contributed by atoms with Crippen LogP contribution in [-0.2, 0) is 13.1 Å². The maximum absolute atomic E-state index is 5.90. The lowest BCUT2D eigenvalue weighted by Crippen LogP contribution is -2.35. The van der Waals surface area contributed by atoms with E-state index in [4.69, 9.17) is 4.42 Å². The highest BCUT2D eigenvalue weighted by Crippen LogP contribution is 2.21. The molecule has 1 aliphatic heterocycles. The molecule has 0 aliphatic carbocycles. The molecule has 1 aliphatic rings. The number of furan rings is 1. The fourth-order valence-electron chi connectivity index (χ4n) is 2.59. The number of rotatable bonds is 4. The van der Waals surface area contributed by atoms with Crippen LogP contribution in [-0.4, -0.2) is 23.5 Å². The molecule has 108 valence electrons. The van der Waals surface area contributed by atoms with E-state index in [0.717, 1.165) is 30.5 Å². The van der Waals surface area contributed by atoms with Crippen molar-refractivity contribution in [2.75, 3.05) is 13.1 Å². The maximum Gasteiger partial charge on any atom is 0.118 e. The Morgan fingerprint density at radius 1 is 1.42 bits per heavy atom. The zero-order chi connectivity index (χ0) is 14.0. The molecule has 19 heavy (non-hydrogen) atoms. The molecule has 1 aromatic rings. The average Bonchev–Trinajstić information content (AvgIpc) is 2.82. The minimum atomic E-state index is 0.147. The van der Waals surface area contributed by atoms with Crippen LogP contribution in [0.25, 0.3) is 0 Å². The molecule has 2 rings (SSSR count). The Hall–Kier alpha value is -0.800. The van der Waals surface area contributed by atoms with Gasteiger partial charge in [-0.05, 0) is 52.6 Å². The van der Waals surface area contributed by atoms with Crippen molar-refractivity contribution in [2.24, 2.45) is 5.92 Å². The van der Waals surface area contributed by atoms with Crippen LogP contribution < -0.4 is 5.32 Å². The molecular formula is C16H28N2O. The van der Waals surface area contributed by atoms with E-state index in [-0.39, 0.29) is 5.54 Å². The first-order valence-electron chi connectivity index (χ1n) is 7.39. The largest absolute Gasteiger partial charge is 0.465 e. The quantitative estimate of drug-likeness (QED) is 0.904. The van der Waals surface area contributed by atoms with Crippen LogP contribution in [0.15, 0.2) is 10.5 Å². The van der Waals surface area contributed by atoms with Gasteiger partial charge in [0, 0.05) is 24.2 Å². The van der Waals surface area contributed by atoms with E-state index < -0.39 is 0 Å². The highest BCUT2D eigenvalue weighted by Gasteiger charge is 2.20. The third-order valence-electron chi connectivity index (χ3n) is 3.77. The first-order chi connectivity index (χ1) is 8.83. The molecule has 1 atom stereocenters. The molecule has 1 aromatic heterocycles. The second-order valence-corrected chi connectivity index (χ2v) is 7.03. The minimum Gasteiger partial charge on any atom is -0.465 e. The van der Waals surface area contributed by atoms with E-state index in [1.165, 1.54) is 25.1 Å². The third kappa shape index (κ3) is 4.36. The van der Waals surface area contributed by atoms with Crippen LogP contribution >= 0.6 is 0 Å². The number of hydrogen-bond donors (Lipinski definition) is 1. The van der Waals surface area contributed by atoms with Crippen molar-refractivity contribution >= 4 is 0 Å². The summed E-state index contributed by atoms with van der Waals surface area (Å²) in [5, 5.41) is 3.52. The van der Waals surface area contributed by atoms with E-state index in [1.54, 1.807) is 0 Å². The van der Waals surface area contributed by atoms with Crippen molar-refractivity contribution in [3.05, 3.63) is 23.2 Å². The summed E-state index contributed by atoms with van der Waals surface area (Å²) in [6.45, 7) is 15.2. The van der Waals surface area contributed by atoms with Gasteiger partial charge in [-0.25, -0.2) is 0 Å². The van der Waals surface area contributed by atoms with E-state index in [9.17, 15) is 0 Å². The summed E-state index contributed by atoms with van der Waals surface area (Å²) in [5.41, 5.74) is 1.44. The van der Waals surface area contributed by atoms with Crippen molar-refractivity contribution in [3.8, 4) is 0 Å². The maximum atomic E-state index is 5.90. The third-order valence-corrected chi connectivity index (χ3v) is 3.77. The van der Waals surface area contributed by atoms with Crippen LogP contribution in [0.4, 0.5) is 0 Å². The topological polar surface area (TPSA) is 28.4 Å².